The van der Waals surface area contributed by atoms with Crippen LogP contribution in [-0.4, -0.2) is 39.6 Å². The van der Waals surface area contributed by atoms with E-state index in [1.807, 2.05) is 6.07 Å². The third-order valence-corrected chi connectivity index (χ3v) is 4.61. The van der Waals surface area contributed by atoms with Crippen LogP contribution in [0.1, 0.15) is 59.5 Å². The molecule has 1 aliphatic carbocycles. The molecule has 0 spiro atoms. The fourth-order valence-corrected chi connectivity index (χ4v) is 3.35. The summed E-state index contributed by atoms with van der Waals surface area (Å²) in [7, 11) is 1.00. The molecular formula is C21H29N5O2. The van der Waals surface area contributed by atoms with Crippen molar-refractivity contribution in [2.24, 2.45) is 0 Å². The van der Waals surface area contributed by atoms with Gasteiger partial charge in [-0.1, -0.05) is 25.5 Å². The molecule has 1 amide bonds. The number of aliphatic hydroxyl groups excluding tert-OH is 1. The Morgan fingerprint density at radius 1 is 1.36 bits per heavy atom. The normalized spacial score (nSPS) is 14.5. The first kappa shape index (κ1) is 21.5. The molecule has 0 fully saturated rings. The van der Waals surface area contributed by atoms with Gasteiger partial charge in [-0.25, -0.2) is 15.0 Å². The number of carbonyl (C=O) groups excluding carboxylic acids is 1. The highest BCUT2D eigenvalue weighted by Gasteiger charge is 2.24. The Labute approximate surface area is 166 Å². The minimum absolute atomic E-state index is 0.239. The fourth-order valence-electron chi connectivity index (χ4n) is 3.35. The number of anilines is 2. The summed E-state index contributed by atoms with van der Waals surface area (Å²) in [5.41, 5.74) is 2.90. The zero-order chi connectivity index (χ0) is 20.5. The zero-order valence-corrected chi connectivity index (χ0v) is 16.8. The maximum atomic E-state index is 12.4. The van der Waals surface area contributed by atoms with Gasteiger partial charge in [-0.05, 0) is 37.8 Å². The lowest BCUT2D eigenvalue weighted by molar-refractivity contribution is 0.0958. The summed E-state index contributed by atoms with van der Waals surface area (Å²) < 4.78 is 0. The van der Waals surface area contributed by atoms with E-state index in [2.05, 4.69) is 40.2 Å². The number of aryl methyl sites for hydroxylation is 2. The van der Waals surface area contributed by atoms with Gasteiger partial charge in [0.25, 0.3) is 5.91 Å². The largest absolute Gasteiger partial charge is 0.400 e. The van der Waals surface area contributed by atoms with Crippen LogP contribution < -0.4 is 10.6 Å². The van der Waals surface area contributed by atoms with Crippen LogP contribution in [0.25, 0.3) is 0 Å². The fraction of sp³-hybridized carbons (Fsp3) is 0.429. The molecule has 28 heavy (non-hydrogen) atoms. The number of nitrogens with zero attached hydrogens (tertiary/aromatic N) is 3. The van der Waals surface area contributed by atoms with E-state index in [4.69, 9.17) is 10.1 Å². The minimum Gasteiger partial charge on any atom is -0.400 e. The number of hydrogen-bond acceptors (Lipinski definition) is 6. The topological polar surface area (TPSA) is 100 Å². The van der Waals surface area contributed by atoms with E-state index < -0.39 is 0 Å². The molecule has 150 valence electrons. The number of carbonyl (C=O) groups is 1. The van der Waals surface area contributed by atoms with Crippen LogP contribution >= 0.6 is 0 Å². The Kier molecular flexibility index (Phi) is 8.07. The van der Waals surface area contributed by atoms with Crippen molar-refractivity contribution in [1.29, 1.82) is 0 Å². The number of fused-ring (bicyclic) bond motifs is 1. The van der Waals surface area contributed by atoms with E-state index in [-0.39, 0.29) is 5.91 Å². The lowest BCUT2D eigenvalue weighted by Crippen LogP contribution is -2.25. The maximum absolute atomic E-state index is 12.4. The van der Waals surface area contributed by atoms with Crippen molar-refractivity contribution in [3.63, 3.8) is 0 Å². The number of aliphatic hydroxyl groups is 1. The summed E-state index contributed by atoms with van der Waals surface area (Å²) in [5.74, 6) is 2.06. The average Bonchev–Trinajstić information content (AvgIpc) is 3.10. The average molecular weight is 383 g/mol. The molecule has 3 N–H and O–H groups in total. The van der Waals surface area contributed by atoms with Crippen LogP contribution in [-0.2, 0) is 6.42 Å². The molecule has 1 atom stereocenters. The Morgan fingerprint density at radius 3 is 2.86 bits per heavy atom. The number of nitrogens with one attached hydrogen (secondary N) is 2. The summed E-state index contributed by atoms with van der Waals surface area (Å²) in [6, 6.07) is 4.09. The summed E-state index contributed by atoms with van der Waals surface area (Å²) in [6.45, 7) is 8.01. The predicted octanol–water partition coefficient (Wildman–Crippen LogP) is 3.28. The molecule has 7 nitrogen and oxygen atoms in total. The molecule has 1 aliphatic rings. The second kappa shape index (κ2) is 10.5. The van der Waals surface area contributed by atoms with Crippen LogP contribution in [0.3, 0.4) is 0 Å². The number of rotatable bonds is 7. The van der Waals surface area contributed by atoms with E-state index in [9.17, 15) is 4.79 Å². The number of aromatic nitrogens is 3. The van der Waals surface area contributed by atoms with Crippen molar-refractivity contribution in [3.05, 3.63) is 53.6 Å². The van der Waals surface area contributed by atoms with Gasteiger partial charge in [0.1, 0.15) is 23.0 Å². The highest BCUT2D eigenvalue weighted by molar-refractivity contribution is 5.99. The molecule has 0 radical (unpaired) electrons. The first-order valence-electron chi connectivity index (χ1n) is 9.56. The van der Waals surface area contributed by atoms with E-state index in [1.54, 1.807) is 13.0 Å². The first-order valence-corrected chi connectivity index (χ1v) is 9.56. The lowest BCUT2D eigenvalue weighted by Gasteiger charge is -2.13. The zero-order valence-electron chi connectivity index (χ0n) is 16.8. The molecule has 0 unspecified atom stereocenters. The van der Waals surface area contributed by atoms with Crippen LogP contribution in [0, 0.1) is 6.92 Å². The summed E-state index contributed by atoms with van der Waals surface area (Å²) in [6.07, 6.45) is 7.75. The third-order valence-electron chi connectivity index (χ3n) is 4.61. The highest BCUT2D eigenvalue weighted by atomic mass is 16.2. The molecule has 0 saturated heterocycles. The van der Waals surface area contributed by atoms with E-state index >= 15 is 0 Å². The van der Waals surface area contributed by atoms with Crippen molar-refractivity contribution in [2.75, 3.05) is 19.0 Å². The van der Waals surface area contributed by atoms with Gasteiger partial charge in [-0.2, -0.15) is 0 Å². The molecule has 0 aromatic carbocycles. The quantitative estimate of drug-likeness (QED) is 0.635. The van der Waals surface area contributed by atoms with Gasteiger partial charge in [0.05, 0.1) is 0 Å². The Balaban J connectivity index is 0.00000136. The SMILES string of the molecule is C=CCNC(=O)c1cnc(C)nc1Nc1ccc2c(n1)[C@@H](CCC)CC2.CO. The van der Waals surface area contributed by atoms with Gasteiger partial charge in [-0.15, -0.1) is 6.58 Å². The molecule has 2 heterocycles. The van der Waals surface area contributed by atoms with Crippen LogP contribution in [0.5, 0.6) is 0 Å². The van der Waals surface area contributed by atoms with Crippen molar-refractivity contribution >= 4 is 17.5 Å². The third kappa shape index (κ3) is 5.13. The summed E-state index contributed by atoms with van der Waals surface area (Å²) >= 11 is 0. The van der Waals surface area contributed by atoms with Crippen LogP contribution in [0.2, 0.25) is 0 Å². The Morgan fingerprint density at radius 2 is 2.14 bits per heavy atom. The number of hydrogen-bond donors (Lipinski definition) is 3. The number of amides is 1. The van der Waals surface area contributed by atoms with Crippen molar-refractivity contribution < 1.29 is 9.90 Å². The van der Waals surface area contributed by atoms with Crippen molar-refractivity contribution in [2.45, 2.75) is 45.4 Å². The van der Waals surface area contributed by atoms with E-state index in [1.165, 1.54) is 23.9 Å². The van der Waals surface area contributed by atoms with Crippen LogP contribution in [0.15, 0.2) is 31.0 Å². The Hall–Kier alpha value is -2.80. The van der Waals surface area contributed by atoms with Crippen molar-refractivity contribution in [3.8, 4) is 0 Å². The standard InChI is InChI=1S/C20H25N5O.CH4O/c1-4-6-14-7-8-15-9-10-17(24-18(14)15)25-19-16(12-22-13(3)23-19)20(26)21-11-5-2;1-2/h5,9-10,12,14H,2,4,6-8,11H2,1,3H3,(H,21,26)(H,22,23,24,25);2H,1H3/t14-;/m0./s1. The van der Waals surface area contributed by atoms with Gasteiger partial charge in [0, 0.05) is 31.5 Å². The summed E-state index contributed by atoms with van der Waals surface area (Å²) in [4.78, 5) is 25.7. The van der Waals surface area contributed by atoms with Gasteiger partial charge in [-0.3, -0.25) is 4.79 Å². The predicted molar refractivity (Wildman–Crippen MR) is 111 cm³/mol. The van der Waals surface area contributed by atoms with Gasteiger partial charge in [0.2, 0.25) is 0 Å². The number of pyridine rings is 1. The van der Waals surface area contributed by atoms with Gasteiger partial charge in [0.15, 0.2) is 0 Å². The van der Waals surface area contributed by atoms with Gasteiger partial charge < -0.3 is 15.7 Å². The second-order valence-electron chi connectivity index (χ2n) is 6.57. The molecule has 3 rings (SSSR count). The molecule has 0 saturated carbocycles. The first-order chi connectivity index (χ1) is 13.6. The van der Waals surface area contributed by atoms with Crippen LogP contribution in [0.4, 0.5) is 11.6 Å². The molecule has 7 heteroatoms. The lowest BCUT2D eigenvalue weighted by atomic mass is 10.0. The highest BCUT2D eigenvalue weighted by Crippen LogP contribution is 2.35. The van der Waals surface area contributed by atoms with Crippen molar-refractivity contribution in [1.82, 2.24) is 20.3 Å². The molecule has 0 aliphatic heterocycles. The Bertz CT molecular complexity index is 820. The molecule has 0 bridgehead atoms. The summed E-state index contributed by atoms with van der Waals surface area (Å²) in [5, 5.41) is 13.0. The van der Waals surface area contributed by atoms with E-state index in [0.29, 0.717) is 35.5 Å². The second-order valence-corrected chi connectivity index (χ2v) is 6.57. The molecular weight excluding hydrogens is 354 g/mol. The van der Waals surface area contributed by atoms with Gasteiger partial charge >= 0.3 is 0 Å². The molecule has 2 aromatic heterocycles. The molecule has 2 aromatic rings. The smallest absolute Gasteiger partial charge is 0.256 e. The van der Waals surface area contributed by atoms with E-state index in [0.717, 1.165) is 26.4 Å². The monoisotopic (exact) mass is 383 g/mol. The maximum Gasteiger partial charge on any atom is 0.256 e. The minimum atomic E-state index is -0.239.